The lowest BCUT2D eigenvalue weighted by molar-refractivity contribution is -0.384. The van der Waals surface area contributed by atoms with Crippen molar-refractivity contribution in [3.8, 4) is 5.75 Å². The van der Waals surface area contributed by atoms with Gasteiger partial charge in [0.15, 0.2) is 0 Å². The van der Waals surface area contributed by atoms with Gasteiger partial charge in [0, 0.05) is 12.1 Å². The first-order valence-electron chi connectivity index (χ1n) is 14.0. The van der Waals surface area contributed by atoms with Crippen molar-refractivity contribution in [3.63, 3.8) is 0 Å². The van der Waals surface area contributed by atoms with Crippen molar-refractivity contribution in [3.05, 3.63) is 79.9 Å². The number of carbonyl (C=O) groups is 2. The molecule has 1 aliphatic carbocycles. The van der Waals surface area contributed by atoms with E-state index in [4.69, 9.17) is 16.3 Å². The number of benzene rings is 2. The molecule has 41 heavy (non-hydrogen) atoms. The van der Waals surface area contributed by atoms with Gasteiger partial charge < -0.3 is 14.8 Å². The van der Waals surface area contributed by atoms with E-state index >= 15 is 0 Å². The molecule has 2 amide bonds. The fourth-order valence-electron chi connectivity index (χ4n) is 6.62. The van der Waals surface area contributed by atoms with Gasteiger partial charge in [-0.25, -0.2) is 4.90 Å². The van der Waals surface area contributed by atoms with Crippen LogP contribution in [0.1, 0.15) is 51.5 Å². The summed E-state index contributed by atoms with van der Waals surface area (Å²) < 4.78 is 6.06. The van der Waals surface area contributed by atoms with Gasteiger partial charge in [-0.15, -0.1) is 0 Å². The Morgan fingerprint density at radius 2 is 1.98 bits per heavy atom. The van der Waals surface area contributed by atoms with E-state index in [-0.39, 0.29) is 41.2 Å². The summed E-state index contributed by atoms with van der Waals surface area (Å²) in [7, 11) is -1.08. The van der Waals surface area contributed by atoms with Crippen LogP contribution in [0.15, 0.2) is 59.2 Å². The second-order valence-corrected chi connectivity index (χ2v) is 11.3. The van der Waals surface area contributed by atoms with Gasteiger partial charge >= 0.3 is 7.12 Å². The smallest absolute Gasteiger partial charge is 0.455 e. The maximum Gasteiger partial charge on any atom is 0.455 e. The van der Waals surface area contributed by atoms with Crippen molar-refractivity contribution >= 4 is 48.0 Å². The number of amides is 2. The lowest BCUT2D eigenvalue weighted by Gasteiger charge is -2.43. The summed E-state index contributed by atoms with van der Waals surface area (Å²) in [5.41, 5.74) is 3.99. The number of aromatic hydroxyl groups is 1. The molecule has 0 saturated carbocycles. The lowest BCUT2D eigenvalue weighted by Crippen LogP contribution is -2.46. The van der Waals surface area contributed by atoms with Crippen LogP contribution in [0.5, 0.6) is 5.75 Å². The third-order valence-electron chi connectivity index (χ3n) is 8.56. The number of non-ortho nitro benzene ring substituents is 1. The van der Waals surface area contributed by atoms with Crippen molar-refractivity contribution in [1.82, 2.24) is 0 Å². The Morgan fingerprint density at radius 1 is 1.20 bits per heavy atom. The van der Waals surface area contributed by atoms with Crippen LogP contribution < -0.4 is 4.90 Å². The zero-order valence-electron chi connectivity index (χ0n) is 23.0. The van der Waals surface area contributed by atoms with Gasteiger partial charge in [0.2, 0.25) is 11.8 Å². The van der Waals surface area contributed by atoms with E-state index in [9.17, 15) is 29.8 Å². The number of nitro groups is 1. The minimum Gasteiger partial charge on any atom is -0.508 e. The van der Waals surface area contributed by atoms with Crippen LogP contribution in [0, 0.1) is 27.9 Å². The number of imide groups is 1. The predicted octanol–water partition coefficient (Wildman–Crippen LogP) is 5.94. The van der Waals surface area contributed by atoms with Crippen LogP contribution in [0.4, 0.5) is 11.4 Å². The van der Waals surface area contributed by atoms with Gasteiger partial charge in [-0.2, -0.15) is 0 Å². The largest absolute Gasteiger partial charge is 0.508 e. The molecule has 2 aromatic carbocycles. The fourth-order valence-corrected chi connectivity index (χ4v) is 6.85. The number of hydrogen-bond donors (Lipinski definition) is 2. The van der Waals surface area contributed by atoms with Crippen LogP contribution >= 0.6 is 11.6 Å². The molecule has 5 rings (SSSR count). The normalized spacial score (nSPS) is 24.5. The molecule has 0 unspecified atom stereocenters. The van der Waals surface area contributed by atoms with E-state index in [2.05, 4.69) is 0 Å². The molecule has 2 fully saturated rings. The monoisotopic (exact) mass is 578 g/mol. The van der Waals surface area contributed by atoms with Crippen molar-refractivity contribution in [2.24, 2.45) is 17.8 Å². The van der Waals surface area contributed by atoms with Gasteiger partial charge in [0.1, 0.15) is 5.75 Å². The molecule has 2 aromatic rings. The molecule has 2 aliphatic heterocycles. The van der Waals surface area contributed by atoms with E-state index < -0.39 is 30.0 Å². The SMILES string of the molecule is CCC1=C2[C@@H](CC/C(=C/c3ccc(O)cc3Cl)CC)OB(O)C[C@@H]2[C@@H]2C(=O)N(c3cccc([N+](=O)[O-])c3)C(=O)[C@@H]2C1. The number of carbonyl (C=O) groups excluding carboxylic acids is 2. The zero-order valence-corrected chi connectivity index (χ0v) is 23.7. The maximum absolute atomic E-state index is 13.8. The van der Waals surface area contributed by atoms with Gasteiger partial charge in [0.25, 0.3) is 5.69 Å². The highest BCUT2D eigenvalue weighted by atomic mass is 35.5. The number of nitro benzene ring substituents is 1. The number of fused-ring (bicyclic) bond motifs is 3. The molecule has 0 bridgehead atoms. The van der Waals surface area contributed by atoms with E-state index in [1.807, 2.05) is 19.9 Å². The molecule has 11 heteroatoms. The zero-order chi connectivity index (χ0) is 29.4. The summed E-state index contributed by atoms with van der Waals surface area (Å²) in [5, 5.41) is 32.2. The molecule has 4 atom stereocenters. The van der Waals surface area contributed by atoms with Gasteiger partial charge in [-0.3, -0.25) is 19.7 Å². The Bertz CT molecular complexity index is 1460. The van der Waals surface area contributed by atoms with Crippen LogP contribution in [0.3, 0.4) is 0 Å². The average Bonchev–Trinajstić information content (AvgIpc) is 3.20. The molecule has 214 valence electrons. The highest BCUT2D eigenvalue weighted by molar-refractivity contribution is 6.43. The molecular weight excluding hydrogens is 547 g/mol. The Morgan fingerprint density at radius 3 is 2.66 bits per heavy atom. The Labute approximate surface area is 243 Å². The number of phenols is 1. The molecule has 2 N–H and O–H groups in total. The molecule has 0 radical (unpaired) electrons. The van der Waals surface area contributed by atoms with E-state index in [0.29, 0.717) is 30.7 Å². The molecule has 2 saturated heterocycles. The minimum atomic E-state index is -1.08. The standard InChI is InChI=1S/C30H32BClN2O7/c1-3-17(12-19-9-10-22(35)15-25(19)32)8-11-26-27-18(4-2)13-23-28(24(27)16-31(38)41-26)30(37)33(29(23)36)20-6-5-7-21(14-20)34(39)40/h5-7,9-10,12,14-15,23-24,26,28,35,38H,3-4,8,11,13,16H2,1-2H3/b17-12+/t23-,24+,26-,28-/m1/s1. The topological polar surface area (TPSA) is 130 Å². The van der Waals surface area contributed by atoms with E-state index in [1.165, 1.54) is 30.3 Å². The first-order valence-corrected chi connectivity index (χ1v) is 14.4. The number of nitrogens with zero attached hydrogens (tertiary/aromatic N) is 2. The van der Waals surface area contributed by atoms with Crippen molar-refractivity contribution in [1.29, 1.82) is 0 Å². The number of hydrogen-bond acceptors (Lipinski definition) is 7. The number of anilines is 1. The maximum atomic E-state index is 13.8. The Kier molecular flexibility index (Phi) is 8.36. The van der Waals surface area contributed by atoms with Crippen LogP contribution in [-0.4, -0.2) is 40.1 Å². The highest BCUT2D eigenvalue weighted by Gasteiger charge is 2.57. The summed E-state index contributed by atoms with van der Waals surface area (Å²) in [6, 6.07) is 10.4. The molecule has 0 aromatic heterocycles. The first-order chi connectivity index (χ1) is 19.6. The molecular formula is C30H32BClN2O7. The number of phenolic OH excluding ortho intramolecular Hbond substituents is 1. The lowest BCUT2D eigenvalue weighted by atomic mass is 9.58. The van der Waals surface area contributed by atoms with E-state index in [0.717, 1.165) is 33.6 Å². The number of allylic oxidation sites excluding steroid dienone is 2. The van der Waals surface area contributed by atoms with Crippen molar-refractivity contribution in [2.45, 2.75) is 58.4 Å². The predicted molar refractivity (Wildman–Crippen MR) is 156 cm³/mol. The average molecular weight is 579 g/mol. The van der Waals surface area contributed by atoms with Crippen molar-refractivity contribution in [2.75, 3.05) is 4.90 Å². The summed E-state index contributed by atoms with van der Waals surface area (Å²) in [5.74, 6) is -2.26. The first kappa shape index (κ1) is 29.0. The Balaban J connectivity index is 1.43. The van der Waals surface area contributed by atoms with Gasteiger partial charge in [-0.05, 0) is 79.7 Å². The second kappa shape index (κ2) is 11.8. The van der Waals surface area contributed by atoms with E-state index in [1.54, 1.807) is 12.1 Å². The highest BCUT2D eigenvalue weighted by Crippen LogP contribution is 2.52. The van der Waals surface area contributed by atoms with Gasteiger partial charge in [0.05, 0.1) is 33.6 Å². The van der Waals surface area contributed by atoms with Crippen molar-refractivity contribution < 1.29 is 29.3 Å². The summed E-state index contributed by atoms with van der Waals surface area (Å²) >= 11 is 6.32. The van der Waals surface area contributed by atoms with Crippen LogP contribution in [-0.2, 0) is 14.2 Å². The fraction of sp³-hybridized carbons (Fsp3) is 0.400. The third kappa shape index (κ3) is 5.56. The molecule has 2 heterocycles. The molecule has 3 aliphatic rings. The number of rotatable bonds is 8. The Hall–Kier alpha value is -3.47. The molecule has 0 spiro atoms. The second-order valence-electron chi connectivity index (χ2n) is 10.9. The quantitative estimate of drug-likeness (QED) is 0.130. The summed E-state index contributed by atoms with van der Waals surface area (Å²) in [6.45, 7) is 4.07. The minimum absolute atomic E-state index is 0.0967. The van der Waals surface area contributed by atoms with Crippen LogP contribution in [0.25, 0.3) is 6.08 Å². The molecule has 9 nitrogen and oxygen atoms in total. The van der Waals surface area contributed by atoms with Gasteiger partial charge in [-0.1, -0.05) is 48.7 Å². The number of halogens is 1. The van der Waals surface area contributed by atoms with Crippen LogP contribution in [0.2, 0.25) is 11.3 Å². The summed E-state index contributed by atoms with van der Waals surface area (Å²) in [4.78, 5) is 39.3. The third-order valence-corrected chi connectivity index (χ3v) is 8.89. The summed E-state index contributed by atoms with van der Waals surface area (Å²) in [6.07, 6.45) is 4.90.